The van der Waals surface area contributed by atoms with E-state index < -0.39 is 23.2 Å². The van der Waals surface area contributed by atoms with Crippen molar-refractivity contribution in [2.75, 3.05) is 4.90 Å². The van der Waals surface area contributed by atoms with Crippen LogP contribution in [0.5, 0.6) is 11.5 Å². The Morgan fingerprint density at radius 2 is 1.61 bits per heavy atom. The van der Waals surface area contributed by atoms with Gasteiger partial charge in [0.15, 0.2) is 5.43 Å². The Hall–Kier alpha value is -4.71. The van der Waals surface area contributed by atoms with Crippen LogP contribution in [-0.4, -0.2) is 5.91 Å². The lowest BCUT2D eigenvalue weighted by Crippen LogP contribution is -2.29. The molecule has 0 aliphatic carbocycles. The number of benzene rings is 4. The third-order valence-corrected chi connectivity index (χ3v) is 6.26. The van der Waals surface area contributed by atoms with Gasteiger partial charge >= 0.3 is 0 Å². The minimum atomic E-state index is -0.780. The third-order valence-electron chi connectivity index (χ3n) is 6.26. The number of nitrogens with zero attached hydrogens (tertiary/aromatic N) is 1. The van der Waals surface area contributed by atoms with Crippen LogP contribution in [0.2, 0.25) is 0 Å². The minimum absolute atomic E-state index is 0.0417. The van der Waals surface area contributed by atoms with Crippen LogP contribution in [0.1, 0.15) is 33.3 Å². The zero-order valence-electron chi connectivity index (χ0n) is 19.3. The van der Waals surface area contributed by atoms with Crippen LogP contribution < -0.4 is 15.1 Å². The van der Waals surface area contributed by atoms with E-state index in [1.165, 1.54) is 12.1 Å². The second-order valence-electron chi connectivity index (χ2n) is 8.72. The van der Waals surface area contributed by atoms with Crippen LogP contribution in [0.3, 0.4) is 0 Å². The van der Waals surface area contributed by atoms with Crippen LogP contribution in [0, 0.1) is 12.7 Å². The molecule has 6 heteroatoms. The maximum Gasteiger partial charge on any atom is 0.295 e. The second-order valence-corrected chi connectivity index (χ2v) is 8.72. The number of halogens is 1. The van der Waals surface area contributed by atoms with Crippen LogP contribution >= 0.6 is 0 Å². The Kier molecular flexibility index (Phi) is 5.15. The highest BCUT2D eigenvalue weighted by atomic mass is 19.1. The van der Waals surface area contributed by atoms with Gasteiger partial charge in [0.05, 0.1) is 17.0 Å². The summed E-state index contributed by atoms with van der Waals surface area (Å²) in [6, 6.07) is 27.0. The summed E-state index contributed by atoms with van der Waals surface area (Å²) in [5.41, 5.74) is 2.16. The van der Waals surface area contributed by atoms with E-state index in [0.717, 1.165) is 11.6 Å². The molecule has 0 N–H and O–H groups in total. The summed E-state index contributed by atoms with van der Waals surface area (Å²) in [5.74, 6) is 0.191. The summed E-state index contributed by atoms with van der Waals surface area (Å²) >= 11 is 0. The quantitative estimate of drug-likeness (QED) is 0.286. The largest absolute Gasteiger partial charge is 0.457 e. The maximum absolute atomic E-state index is 14.0. The molecule has 176 valence electrons. The molecule has 36 heavy (non-hydrogen) atoms. The van der Waals surface area contributed by atoms with Gasteiger partial charge in [0.2, 0.25) is 5.76 Å². The molecule has 0 fully saturated rings. The zero-order valence-corrected chi connectivity index (χ0v) is 19.3. The van der Waals surface area contributed by atoms with Crippen molar-refractivity contribution in [1.82, 2.24) is 0 Å². The summed E-state index contributed by atoms with van der Waals surface area (Å²) < 4.78 is 26.0. The molecule has 0 spiro atoms. The fourth-order valence-corrected chi connectivity index (χ4v) is 4.68. The Morgan fingerprint density at radius 3 is 2.42 bits per heavy atom. The Morgan fingerprint density at radius 1 is 0.833 bits per heavy atom. The molecule has 5 aromatic rings. The second kappa shape index (κ2) is 8.50. The monoisotopic (exact) mass is 477 g/mol. The third kappa shape index (κ3) is 3.64. The van der Waals surface area contributed by atoms with Crippen molar-refractivity contribution in [3.8, 4) is 11.5 Å². The lowest BCUT2D eigenvalue weighted by molar-refractivity contribution is 0.0971. The maximum atomic E-state index is 14.0. The topological polar surface area (TPSA) is 59.8 Å². The zero-order chi connectivity index (χ0) is 24.8. The van der Waals surface area contributed by atoms with Crippen molar-refractivity contribution in [3.63, 3.8) is 0 Å². The summed E-state index contributed by atoms with van der Waals surface area (Å²) in [6.45, 7) is 1.93. The molecule has 0 radical (unpaired) electrons. The van der Waals surface area contributed by atoms with E-state index >= 15 is 0 Å². The first-order valence-corrected chi connectivity index (χ1v) is 11.5. The number of ether oxygens (including phenoxy) is 1. The first-order chi connectivity index (χ1) is 17.5. The number of para-hydroxylation sites is 1. The van der Waals surface area contributed by atoms with E-state index in [-0.39, 0.29) is 22.3 Å². The first kappa shape index (κ1) is 21.8. The van der Waals surface area contributed by atoms with Crippen LogP contribution in [-0.2, 0) is 0 Å². The van der Waals surface area contributed by atoms with Crippen LogP contribution in [0.25, 0.3) is 11.0 Å². The van der Waals surface area contributed by atoms with E-state index in [0.29, 0.717) is 22.7 Å². The molecular formula is C30H20FNO4. The van der Waals surface area contributed by atoms with Crippen molar-refractivity contribution < 1.29 is 18.3 Å². The van der Waals surface area contributed by atoms with Crippen molar-refractivity contribution in [2.45, 2.75) is 13.0 Å². The molecule has 6 rings (SSSR count). The molecule has 4 aromatic carbocycles. The average molecular weight is 477 g/mol. The predicted octanol–water partition coefficient (Wildman–Crippen LogP) is 6.78. The van der Waals surface area contributed by atoms with Crippen molar-refractivity contribution in [1.29, 1.82) is 0 Å². The fourth-order valence-electron chi connectivity index (χ4n) is 4.68. The summed E-state index contributed by atoms with van der Waals surface area (Å²) in [7, 11) is 0. The van der Waals surface area contributed by atoms with Gasteiger partial charge in [0, 0.05) is 5.69 Å². The van der Waals surface area contributed by atoms with Gasteiger partial charge in [-0.05, 0) is 72.6 Å². The molecule has 1 aliphatic heterocycles. The molecule has 2 heterocycles. The number of anilines is 1. The first-order valence-electron chi connectivity index (χ1n) is 11.5. The van der Waals surface area contributed by atoms with E-state index in [4.69, 9.17) is 9.15 Å². The highest BCUT2D eigenvalue weighted by molar-refractivity contribution is 6.10. The number of carbonyl (C=O) groups excluding carboxylic acids is 1. The molecule has 1 amide bonds. The smallest absolute Gasteiger partial charge is 0.295 e. The predicted molar refractivity (Wildman–Crippen MR) is 135 cm³/mol. The van der Waals surface area contributed by atoms with Gasteiger partial charge in [-0.1, -0.05) is 42.5 Å². The Labute approximate surface area is 206 Å². The summed E-state index contributed by atoms with van der Waals surface area (Å²) in [4.78, 5) is 29.0. The van der Waals surface area contributed by atoms with E-state index in [1.807, 2.05) is 79.7 Å². The van der Waals surface area contributed by atoms with Crippen molar-refractivity contribution in [2.24, 2.45) is 0 Å². The van der Waals surface area contributed by atoms with Crippen molar-refractivity contribution >= 4 is 22.6 Å². The van der Waals surface area contributed by atoms with E-state index in [9.17, 15) is 14.0 Å². The van der Waals surface area contributed by atoms with Gasteiger partial charge in [-0.15, -0.1) is 0 Å². The number of carbonyl (C=O) groups is 1. The highest BCUT2D eigenvalue weighted by Crippen LogP contribution is 2.42. The molecule has 0 bridgehead atoms. The molecule has 1 aromatic heterocycles. The Balaban J connectivity index is 1.56. The van der Waals surface area contributed by atoms with Gasteiger partial charge in [0.1, 0.15) is 22.9 Å². The SMILES string of the molecule is Cc1cccc(N2C(=O)c3oc4ccc(F)cc4c(=O)c3C2c2cccc(Oc3ccccc3)c2)c1. The molecule has 0 saturated heterocycles. The number of hydrogen-bond acceptors (Lipinski definition) is 4. The molecule has 5 nitrogen and oxygen atoms in total. The summed E-state index contributed by atoms with van der Waals surface area (Å²) in [5, 5.41) is 0.0920. The number of amides is 1. The summed E-state index contributed by atoms with van der Waals surface area (Å²) in [6.07, 6.45) is 0. The lowest BCUT2D eigenvalue weighted by atomic mass is 9.98. The van der Waals surface area contributed by atoms with Gasteiger partial charge in [0.25, 0.3) is 5.91 Å². The number of hydrogen-bond donors (Lipinski definition) is 0. The minimum Gasteiger partial charge on any atom is -0.457 e. The van der Waals surface area contributed by atoms with Gasteiger partial charge in [-0.2, -0.15) is 0 Å². The van der Waals surface area contributed by atoms with Gasteiger partial charge in [-0.3, -0.25) is 14.5 Å². The van der Waals surface area contributed by atoms with E-state index in [2.05, 4.69) is 0 Å². The normalized spacial score (nSPS) is 14.8. The van der Waals surface area contributed by atoms with Gasteiger partial charge < -0.3 is 9.15 Å². The Bertz CT molecular complexity index is 1690. The molecule has 0 saturated carbocycles. The number of aryl methyl sites for hydroxylation is 1. The van der Waals surface area contributed by atoms with Crippen LogP contribution in [0.4, 0.5) is 10.1 Å². The van der Waals surface area contributed by atoms with Crippen LogP contribution in [0.15, 0.2) is 106 Å². The van der Waals surface area contributed by atoms with E-state index in [1.54, 1.807) is 11.0 Å². The van der Waals surface area contributed by atoms with Crippen molar-refractivity contribution in [3.05, 3.63) is 136 Å². The highest BCUT2D eigenvalue weighted by Gasteiger charge is 2.43. The molecule has 1 aliphatic rings. The standard InChI is InChI=1S/C30H20FNO4/c1-18-7-5-9-21(15-18)32-27(19-8-6-12-23(16-19)35-22-10-3-2-4-11-22)26-28(33)24-17-20(31)13-14-25(24)36-29(26)30(32)34/h2-17,27H,1H3. The molecule has 1 unspecified atom stereocenters. The molecular weight excluding hydrogens is 457 g/mol. The lowest BCUT2D eigenvalue weighted by Gasteiger charge is -2.26. The number of rotatable bonds is 4. The average Bonchev–Trinajstić information content (AvgIpc) is 3.18. The molecule has 1 atom stereocenters. The number of fused-ring (bicyclic) bond motifs is 2. The van der Waals surface area contributed by atoms with Gasteiger partial charge in [-0.25, -0.2) is 4.39 Å². The fraction of sp³-hybridized carbons (Fsp3) is 0.0667.